The lowest BCUT2D eigenvalue weighted by Crippen LogP contribution is -2.34. The van der Waals surface area contributed by atoms with Gasteiger partial charge in [-0.3, -0.25) is 4.79 Å². The van der Waals surface area contributed by atoms with Gasteiger partial charge in [-0.25, -0.2) is 4.39 Å². The van der Waals surface area contributed by atoms with Gasteiger partial charge in [-0.05, 0) is 18.2 Å². The molecule has 0 spiro atoms. The minimum absolute atomic E-state index is 0.209. The molecule has 2 unspecified atom stereocenters. The third-order valence-electron chi connectivity index (χ3n) is 6.13. The van der Waals surface area contributed by atoms with Crippen molar-refractivity contribution in [2.75, 3.05) is 45.3 Å². The van der Waals surface area contributed by atoms with Gasteiger partial charge in [0, 0.05) is 50.1 Å². The number of carbonyl (C=O) groups excluding carboxylic acids is 1. The first-order chi connectivity index (χ1) is 15.6. The molecule has 2 aromatic heterocycles. The molecule has 166 valence electrons. The summed E-state index contributed by atoms with van der Waals surface area (Å²) in [6.45, 7) is 2.75. The van der Waals surface area contributed by atoms with E-state index in [0.29, 0.717) is 42.2 Å². The van der Waals surface area contributed by atoms with Crippen LogP contribution in [-0.4, -0.2) is 71.2 Å². The quantitative estimate of drug-likeness (QED) is 0.603. The molecule has 3 aromatic rings. The Labute approximate surface area is 184 Å². The number of pyridine rings is 1. The number of halogens is 1. The molecule has 0 radical (unpaired) electrons. The number of likely N-dealkylation sites (tertiary alicyclic amines) is 1. The second-order valence-electron chi connectivity index (χ2n) is 8.02. The molecule has 2 saturated heterocycles. The first-order valence-corrected chi connectivity index (χ1v) is 10.4. The molecule has 0 bridgehead atoms. The highest BCUT2D eigenvalue weighted by Gasteiger charge is 2.42. The smallest absolute Gasteiger partial charge is 0.256 e. The van der Waals surface area contributed by atoms with Crippen molar-refractivity contribution in [2.24, 2.45) is 11.8 Å². The van der Waals surface area contributed by atoms with Gasteiger partial charge in [0.05, 0.1) is 37.9 Å². The monoisotopic (exact) mass is 438 g/mol. The lowest BCUT2D eigenvalue weighted by atomic mass is 10.0. The van der Waals surface area contributed by atoms with E-state index in [2.05, 4.69) is 20.1 Å². The van der Waals surface area contributed by atoms with E-state index in [9.17, 15) is 9.18 Å². The summed E-state index contributed by atoms with van der Waals surface area (Å²) >= 11 is 0. The fraction of sp³-hybridized carbons (Fsp3) is 0.364. The Morgan fingerprint density at radius 1 is 1.00 bits per heavy atom. The Balaban J connectivity index is 1.33. The lowest BCUT2D eigenvalue weighted by molar-refractivity contribution is 0.0781. The maximum atomic E-state index is 14.0. The predicted molar refractivity (Wildman–Crippen MR) is 114 cm³/mol. The van der Waals surface area contributed by atoms with Crippen LogP contribution in [-0.2, 0) is 0 Å². The number of nitrogens with zero attached hydrogens (tertiary/aromatic N) is 6. The number of benzene rings is 1. The van der Waals surface area contributed by atoms with Crippen LogP contribution >= 0.6 is 0 Å². The van der Waals surface area contributed by atoms with Crippen molar-refractivity contribution >= 4 is 11.7 Å². The van der Waals surface area contributed by atoms with Crippen molar-refractivity contribution < 1.29 is 18.7 Å². The van der Waals surface area contributed by atoms with Crippen LogP contribution < -0.4 is 14.4 Å². The number of hydrogen-bond acceptors (Lipinski definition) is 7. The number of aromatic nitrogens is 4. The molecule has 10 heteroatoms. The molecule has 0 saturated carbocycles. The number of rotatable bonds is 5. The molecule has 0 aliphatic carbocycles. The van der Waals surface area contributed by atoms with Crippen molar-refractivity contribution in [1.82, 2.24) is 24.9 Å². The van der Waals surface area contributed by atoms with E-state index in [1.807, 2.05) is 6.07 Å². The Hall–Kier alpha value is -3.69. The second-order valence-corrected chi connectivity index (χ2v) is 8.02. The van der Waals surface area contributed by atoms with E-state index in [1.165, 1.54) is 35.4 Å². The summed E-state index contributed by atoms with van der Waals surface area (Å²) in [5, 5.41) is 8.19. The SMILES string of the molecule is COc1cc(OC)nc(N2CC3CN(C(=O)c4cc(F)ccc4-n4nccn4)CC3C2)c1. The molecular formula is C22H23FN6O3. The molecule has 0 N–H and O–H groups in total. The lowest BCUT2D eigenvalue weighted by Gasteiger charge is -2.23. The third-order valence-corrected chi connectivity index (χ3v) is 6.13. The normalized spacial score (nSPS) is 19.8. The van der Waals surface area contributed by atoms with Crippen LogP contribution in [0.3, 0.4) is 0 Å². The molecule has 1 aromatic carbocycles. The zero-order valence-electron chi connectivity index (χ0n) is 17.8. The predicted octanol–water partition coefficient (Wildman–Crippen LogP) is 2.03. The number of fused-ring (bicyclic) bond motifs is 1. The van der Waals surface area contributed by atoms with Crippen LogP contribution in [0.25, 0.3) is 5.69 Å². The fourth-order valence-corrected chi connectivity index (χ4v) is 4.56. The molecule has 5 rings (SSSR count). The van der Waals surface area contributed by atoms with Gasteiger partial charge in [-0.15, -0.1) is 0 Å². The topological polar surface area (TPSA) is 85.6 Å². The summed E-state index contributed by atoms with van der Waals surface area (Å²) in [7, 11) is 3.19. The summed E-state index contributed by atoms with van der Waals surface area (Å²) in [6, 6.07) is 7.73. The molecular weight excluding hydrogens is 415 g/mol. The number of amides is 1. The minimum atomic E-state index is -0.465. The van der Waals surface area contributed by atoms with Crippen molar-refractivity contribution in [3.05, 3.63) is 54.1 Å². The molecule has 4 heterocycles. The molecule has 1 amide bonds. The van der Waals surface area contributed by atoms with Crippen molar-refractivity contribution in [2.45, 2.75) is 0 Å². The van der Waals surface area contributed by atoms with Gasteiger partial charge in [0.25, 0.3) is 5.91 Å². The molecule has 2 atom stereocenters. The zero-order valence-corrected chi connectivity index (χ0v) is 17.8. The Morgan fingerprint density at radius 3 is 2.38 bits per heavy atom. The summed E-state index contributed by atoms with van der Waals surface area (Å²) < 4.78 is 24.6. The van der Waals surface area contributed by atoms with Gasteiger partial charge in [-0.2, -0.15) is 20.0 Å². The number of hydrogen-bond donors (Lipinski definition) is 0. The molecule has 32 heavy (non-hydrogen) atoms. The summed E-state index contributed by atoms with van der Waals surface area (Å²) in [5.74, 6) is 1.92. The van der Waals surface area contributed by atoms with Crippen LogP contribution in [0, 0.1) is 17.7 Å². The second kappa shape index (κ2) is 8.10. The number of methoxy groups -OCH3 is 2. The highest BCUT2D eigenvalue weighted by atomic mass is 19.1. The molecule has 2 aliphatic rings. The van der Waals surface area contributed by atoms with E-state index in [1.54, 1.807) is 25.2 Å². The van der Waals surface area contributed by atoms with Gasteiger partial charge < -0.3 is 19.3 Å². The number of carbonyl (C=O) groups is 1. The van der Waals surface area contributed by atoms with Crippen LogP contribution in [0.5, 0.6) is 11.6 Å². The molecule has 9 nitrogen and oxygen atoms in total. The van der Waals surface area contributed by atoms with Crippen LogP contribution in [0.2, 0.25) is 0 Å². The maximum Gasteiger partial charge on any atom is 0.256 e. The molecule has 2 aliphatic heterocycles. The van der Waals surface area contributed by atoms with Crippen LogP contribution in [0.4, 0.5) is 10.2 Å². The standard InChI is InChI=1S/C22H23FN6O3/c1-31-17-8-20(26-21(9-17)32-2)27-10-14-12-28(13-15(14)11-27)22(30)18-7-16(23)3-4-19(18)29-24-5-6-25-29/h3-9,14-15H,10-13H2,1-2H3. The van der Waals surface area contributed by atoms with E-state index in [-0.39, 0.29) is 11.5 Å². The average Bonchev–Trinajstić information content (AvgIpc) is 3.55. The van der Waals surface area contributed by atoms with Gasteiger partial charge >= 0.3 is 0 Å². The number of ether oxygens (including phenoxy) is 2. The fourth-order valence-electron chi connectivity index (χ4n) is 4.56. The largest absolute Gasteiger partial charge is 0.496 e. The summed E-state index contributed by atoms with van der Waals surface area (Å²) in [6.07, 6.45) is 3.04. The van der Waals surface area contributed by atoms with Gasteiger partial charge in [0.15, 0.2) is 0 Å². The highest BCUT2D eigenvalue weighted by molar-refractivity contribution is 5.98. The third kappa shape index (κ3) is 3.61. The Morgan fingerprint density at radius 2 is 1.72 bits per heavy atom. The van der Waals surface area contributed by atoms with E-state index in [0.717, 1.165) is 18.9 Å². The van der Waals surface area contributed by atoms with E-state index in [4.69, 9.17) is 9.47 Å². The minimum Gasteiger partial charge on any atom is -0.496 e. The maximum absolute atomic E-state index is 14.0. The van der Waals surface area contributed by atoms with Gasteiger partial charge in [-0.1, -0.05) is 0 Å². The Bertz CT molecular complexity index is 1100. The Kier molecular flexibility index (Phi) is 5.12. The summed E-state index contributed by atoms with van der Waals surface area (Å²) in [4.78, 5) is 23.2. The van der Waals surface area contributed by atoms with Crippen molar-refractivity contribution in [1.29, 1.82) is 0 Å². The highest BCUT2D eigenvalue weighted by Crippen LogP contribution is 2.36. The van der Waals surface area contributed by atoms with E-state index >= 15 is 0 Å². The van der Waals surface area contributed by atoms with Gasteiger partial charge in [0.2, 0.25) is 5.88 Å². The van der Waals surface area contributed by atoms with Crippen molar-refractivity contribution in [3.63, 3.8) is 0 Å². The zero-order chi connectivity index (χ0) is 22.2. The summed E-state index contributed by atoms with van der Waals surface area (Å²) in [5.41, 5.74) is 0.727. The van der Waals surface area contributed by atoms with E-state index < -0.39 is 5.82 Å². The van der Waals surface area contributed by atoms with Crippen molar-refractivity contribution in [3.8, 4) is 17.3 Å². The first kappa shape index (κ1) is 20.2. The molecule has 2 fully saturated rings. The van der Waals surface area contributed by atoms with Crippen LogP contribution in [0.15, 0.2) is 42.7 Å². The number of anilines is 1. The van der Waals surface area contributed by atoms with Gasteiger partial charge in [0.1, 0.15) is 17.4 Å². The first-order valence-electron chi connectivity index (χ1n) is 10.4. The average molecular weight is 438 g/mol. The van der Waals surface area contributed by atoms with Crippen LogP contribution in [0.1, 0.15) is 10.4 Å².